The second-order valence-electron chi connectivity index (χ2n) is 8.74. The largest absolute Gasteiger partial charge is 0.497 e. The molecule has 214 valence electrons. The van der Waals surface area contributed by atoms with Gasteiger partial charge in [-0.25, -0.2) is 8.42 Å². The Bertz CT molecular complexity index is 1450. The van der Waals surface area contributed by atoms with Crippen LogP contribution in [0.5, 0.6) is 5.75 Å². The molecule has 12 heteroatoms. The SMILES string of the molecule is CCNC(=O)[C@@H](CC)N(Cc1ccc(Cl)cc1Cl)C(=O)CN(c1cccc(Cl)c1)S(=O)(=O)c1ccc(OC)cc1. The third kappa shape index (κ3) is 7.60. The van der Waals surface area contributed by atoms with Crippen molar-refractivity contribution in [2.45, 2.75) is 37.8 Å². The molecule has 3 rings (SSSR count). The smallest absolute Gasteiger partial charge is 0.264 e. The Morgan fingerprint density at radius 2 is 1.62 bits per heavy atom. The van der Waals surface area contributed by atoms with Crippen molar-refractivity contribution < 1.29 is 22.7 Å². The summed E-state index contributed by atoms with van der Waals surface area (Å²) < 4.78 is 33.9. The van der Waals surface area contributed by atoms with Crippen molar-refractivity contribution in [3.8, 4) is 5.75 Å². The van der Waals surface area contributed by atoms with Crippen molar-refractivity contribution in [3.05, 3.63) is 87.4 Å². The van der Waals surface area contributed by atoms with E-state index in [2.05, 4.69) is 5.32 Å². The third-order valence-electron chi connectivity index (χ3n) is 6.12. The molecule has 0 saturated carbocycles. The van der Waals surface area contributed by atoms with Crippen molar-refractivity contribution in [2.24, 2.45) is 0 Å². The van der Waals surface area contributed by atoms with E-state index in [1.54, 1.807) is 50.2 Å². The molecule has 0 aliphatic rings. The van der Waals surface area contributed by atoms with Gasteiger partial charge >= 0.3 is 0 Å². The predicted octanol–water partition coefficient (Wildman–Crippen LogP) is 5.79. The molecule has 0 spiro atoms. The van der Waals surface area contributed by atoms with Crippen LogP contribution in [0.25, 0.3) is 0 Å². The van der Waals surface area contributed by atoms with Gasteiger partial charge in [0.1, 0.15) is 18.3 Å². The van der Waals surface area contributed by atoms with Crippen LogP contribution in [0.3, 0.4) is 0 Å². The number of methoxy groups -OCH3 is 1. The first-order valence-electron chi connectivity index (χ1n) is 12.4. The summed E-state index contributed by atoms with van der Waals surface area (Å²) in [5.41, 5.74) is 0.738. The number of nitrogens with zero attached hydrogens (tertiary/aromatic N) is 2. The maximum atomic E-state index is 14.0. The number of nitrogens with one attached hydrogen (secondary N) is 1. The van der Waals surface area contributed by atoms with Crippen LogP contribution >= 0.6 is 34.8 Å². The van der Waals surface area contributed by atoms with Gasteiger partial charge in [-0.3, -0.25) is 13.9 Å². The zero-order chi connectivity index (χ0) is 29.4. The van der Waals surface area contributed by atoms with Crippen molar-refractivity contribution in [2.75, 3.05) is 24.5 Å². The van der Waals surface area contributed by atoms with Gasteiger partial charge in [-0.15, -0.1) is 0 Å². The maximum absolute atomic E-state index is 14.0. The Kier molecular flexibility index (Phi) is 11.1. The molecule has 8 nitrogen and oxygen atoms in total. The van der Waals surface area contributed by atoms with E-state index < -0.39 is 28.5 Å². The lowest BCUT2D eigenvalue weighted by atomic mass is 10.1. The van der Waals surface area contributed by atoms with Crippen molar-refractivity contribution in [1.29, 1.82) is 0 Å². The molecule has 40 heavy (non-hydrogen) atoms. The number of amides is 2. The second kappa shape index (κ2) is 14.1. The van der Waals surface area contributed by atoms with Crippen molar-refractivity contribution in [3.63, 3.8) is 0 Å². The topological polar surface area (TPSA) is 96.0 Å². The fraction of sp³-hybridized carbons (Fsp3) is 0.286. The number of rotatable bonds is 12. The Hall–Kier alpha value is -2.98. The number of anilines is 1. The molecule has 3 aromatic rings. The number of hydrogen-bond acceptors (Lipinski definition) is 5. The van der Waals surface area contributed by atoms with Crippen LogP contribution in [0.4, 0.5) is 5.69 Å². The van der Waals surface area contributed by atoms with E-state index in [0.29, 0.717) is 32.9 Å². The van der Waals surface area contributed by atoms with Gasteiger partial charge in [-0.1, -0.05) is 53.9 Å². The van der Waals surface area contributed by atoms with Gasteiger partial charge in [0, 0.05) is 28.2 Å². The lowest BCUT2D eigenvalue weighted by molar-refractivity contribution is -0.140. The molecular weight excluding hydrogens is 597 g/mol. The minimum Gasteiger partial charge on any atom is -0.497 e. The van der Waals surface area contributed by atoms with Gasteiger partial charge in [0.2, 0.25) is 11.8 Å². The molecular formula is C28H30Cl3N3O5S. The Balaban J connectivity index is 2.08. The predicted molar refractivity (Wildman–Crippen MR) is 159 cm³/mol. The number of hydrogen-bond donors (Lipinski definition) is 1. The van der Waals surface area contributed by atoms with Gasteiger partial charge in [0.25, 0.3) is 10.0 Å². The summed E-state index contributed by atoms with van der Waals surface area (Å²) in [7, 11) is -2.77. The van der Waals surface area contributed by atoms with E-state index in [1.165, 1.54) is 42.3 Å². The van der Waals surface area contributed by atoms with Gasteiger partial charge in [-0.05, 0) is 73.5 Å². The number of benzene rings is 3. The molecule has 0 bridgehead atoms. The summed E-state index contributed by atoms with van der Waals surface area (Å²) in [5.74, 6) is -0.500. The van der Waals surface area contributed by atoms with Gasteiger partial charge < -0.3 is 15.0 Å². The van der Waals surface area contributed by atoms with E-state index in [4.69, 9.17) is 39.5 Å². The van der Waals surface area contributed by atoms with E-state index in [9.17, 15) is 18.0 Å². The van der Waals surface area contributed by atoms with E-state index in [1.807, 2.05) is 0 Å². The first-order valence-corrected chi connectivity index (χ1v) is 15.0. The molecule has 2 amide bonds. The third-order valence-corrected chi connectivity index (χ3v) is 8.73. The first kappa shape index (κ1) is 31.5. The molecule has 1 N–H and O–H groups in total. The average molecular weight is 627 g/mol. The van der Waals surface area contributed by atoms with E-state index in [0.717, 1.165) is 4.31 Å². The van der Waals surface area contributed by atoms with Crippen LogP contribution < -0.4 is 14.4 Å². The zero-order valence-corrected chi connectivity index (χ0v) is 25.3. The number of carbonyl (C=O) groups is 2. The second-order valence-corrected chi connectivity index (χ2v) is 11.9. The number of carbonyl (C=O) groups excluding carboxylic acids is 2. The quantitative estimate of drug-likeness (QED) is 0.274. The number of halogens is 3. The van der Waals surface area contributed by atoms with Crippen molar-refractivity contribution in [1.82, 2.24) is 10.2 Å². The average Bonchev–Trinajstić information content (AvgIpc) is 2.92. The summed E-state index contributed by atoms with van der Waals surface area (Å²) in [6.07, 6.45) is 0.283. The zero-order valence-electron chi connectivity index (χ0n) is 22.2. The Morgan fingerprint density at radius 1 is 0.950 bits per heavy atom. The Morgan fingerprint density at radius 3 is 2.20 bits per heavy atom. The standard InChI is InChI=1S/C28H30Cl3N3O5S/c1-4-26(28(36)32-5-2)33(17-19-9-10-21(30)16-25(19)31)27(35)18-34(22-8-6-7-20(29)15-22)40(37,38)24-13-11-23(39-3)12-14-24/h6-16,26H,4-5,17-18H2,1-3H3,(H,32,36)/t26-/m1/s1. The van der Waals surface area contributed by atoms with Crippen LogP contribution in [-0.2, 0) is 26.2 Å². The molecule has 0 unspecified atom stereocenters. The molecule has 3 aromatic carbocycles. The Labute approximate surface area is 249 Å². The summed E-state index contributed by atoms with van der Waals surface area (Å²) in [5, 5.41) is 3.77. The summed E-state index contributed by atoms with van der Waals surface area (Å²) >= 11 is 18.7. The molecule has 0 heterocycles. The number of ether oxygens (including phenoxy) is 1. The van der Waals surface area contributed by atoms with E-state index >= 15 is 0 Å². The molecule has 0 aliphatic heterocycles. The molecule has 0 fully saturated rings. The molecule has 0 saturated heterocycles. The fourth-order valence-corrected chi connectivity index (χ4v) is 6.14. The number of sulfonamides is 1. The molecule has 1 atom stereocenters. The van der Waals surface area contributed by atoms with Crippen LogP contribution in [0.15, 0.2) is 71.6 Å². The highest BCUT2D eigenvalue weighted by molar-refractivity contribution is 7.92. The summed E-state index contributed by atoms with van der Waals surface area (Å²) in [4.78, 5) is 28.3. The number of likely N-dealkylation sites (N-methyl/N-ethyl adjacent to an activating group) is 1. The molecule has 0 radical (unpaired) electrons. The van der Waals surface area contributed by atoms with Crippen molar-refractivity contribution >= 4 is 62.3 Å². The van der Waals surface area contributed by atoms with Crippen LogP contribution in [-0.4, -0.2) is 51.4 Å². The van der Waals surface area contributed by atoms with Gasteiger partial charge in [0.05, 0.1) is 17.7 Å². The van der Waals surface area contributed by atoms with Crippen LogP contribution in [0.1, 0.15) is 25.8 Å². The normalized spacial score (nSPS) is 11.9. The van der Waals surface area contributed by atoms with Gasteiger partial charge in [0.15, 0.2) is 0 Å². The van der Waals surface area contributed by atoms with Crippen LogP contribution in [0.2, 0.25) is 15.1 Å². The minimum atomic E-state index is -4.25. The fourth-order valence-electron chi connectivity index (χ4n) is 4.08. The highest BCUT2D eigenvalue weighted by atomic mass is 35.5. The summed E-state index contributed by atoms with van der Waals surface area (Å²) in [6.45, 7) is 3.26. The van der Waals surface area contributed by atoms with Gasteiger partial charge in [-0.2, -0.15) is 0 Å². The van der Waals surface area contributed by atoms with Crippen LogP contribution in [0, 0.1) is 0 Å². The first-order chi connectivity index (χ1) is 19.0. The lowest BCUT2D eigenvalue weighted by Crippen LogP contribution is -2.52. The summed E-state index contributed by atoms with van der Waals surface area (Å²) in [6, 6.07) is 16.0. The highest BCUT2D eigenvalue weighted by Crippen LogP contribution is 2.29. The van der Waals surface area contributed by atoms with E-state index in [-0.39, 0.29) is 29.5 Å². The minimum absolute atomic E-state index is 0.0452. The maximum Gasteiger partial charge on any atom is 0.264 e. The monoisotopic (exact) mass is 625 g/mol. The molecule has 0 aliphatic carbocycles. The molecule has 0 aromatic heterocycles. The lowest BCUT2D eigenvalue weighted by Gasteiger charge is -2.33. The highest BCUT2D eigenvalue weighted by Gasteiger charge is 2.34.